The predicted molar refractivity (Wildman–Crippen MR) is 145 cm³/mol. The fraction of sp³-hybridized carbons (Fsp3) is 0.321. The van der Waals surface area contributed by atoms with E-state index >= 15 is 0 Å². The molecule has 1 aromatic heterocycles. The molecule has 1 unspecified atom stereocenters. The molecule has 1 aromatic carbocycles. The number of nitrogens with one attached hydrogen (secondary N) is 1. The number of carbonyl (C=O) groups is 2. The molecule has 3 N–H and O–H groups in total. The number of anilines is 1. The lowest BCUT2D eigenvalue weighted by atomic mass is 9.88. The molecule has 2 aromatic rings. The highest BCUT2D eigenvalue weighted by Crippen LogP contribution is 2.41. The lowest BCUT2D eigenvalue weighted by molar-refractivity contribution is -0.750. The summed E-state index contributed by atoms with van der Waals surface area (Å²) < 4.78 is 50.0. The van der Waals surface area contributed by atoms with E-state index in [1.165, 1.54) is 19.2 Å². The number of nitrogens with zero attached hydrogens (tertiary/aromatic N) is 5. The Morgan fingerprint density at radius 1 is 1.24 bits per heavy atom. The molecule has 0 spiro atoms. The van der Waals surface area contributed by atoms with Gasteiger partial charge in [-0.3, -0.25) is 9.79 Å². The van der Waals surface area contributed by atoms with Crippen LogP contribution in [-0.2, 0) is 10.9 Å². The highest BCUT2D eigenvalue weighted by Gasteiger charge is 2.50. The van der Waals surface area contributed by atoms with Gasteiger partial charge in [-0.15, -0.1) is 4.59 Å². The molecule has 0 aliphatic carbocycles. The Hall–Kier alpha value is -4.56. The minimum absolute atomic E-state index is 0.0196. The number of hydrogen-bond donors (Lipinski definition) is 2. The fourth-order valence-corrected chi connectivity index (χ4v) is 5.79. The normalized spacial score (nSPS) is 26.5. The van der Waals surface area contributed by atoms with E-state index in [0.717, 1.165) is 31.2 Å². The van der Waals surface area contributed by atoms with Gasteiger partial charge >= 0.3 is 12.3 Å². The summed E-state index contributed by atoms with van der Waals surface area (Å²) in [4.78, 5) is 40.2. The maximum atomic E-state index is 13.1. The maximum absolute atomic E-state index is 13.1. The van der Waals surface area contributed by atoms with Crippen molar-refractivity contribution in [2.24, 2.45) is 21.7 Å². The highest BCUT2D eigenvalue weighted by molar-refractivity contribution is 6.07. The molecule has 4 aliphatic rings. The Labute approximate surface area is 238 Å². The van der Waals surface area contributed by atoms with Gasteiger partial charge < -0.3 is 19.7 Å². The van der Waals surface area contributed by atoms with Crippen LogP contribution in [0.5, 0.6) is 5.75 Å². The van der Waals surface area contributed by atoms with Crippen LogP contribution in [0.4, 0.5) is 23.8 Å². The number of rotatable bonds is 5. The van der Waals surface area contributed by atoms with Gasteiger partial charge in [0.15, 0.2) is 0 Å². The average molecular weight is 583 g/mol. The summed E-state index contributed by atoms with van der Waals surface area (Å²) in [6.45, 7) is 2.32. The largest absolute Gasteiger partial charge is 0.496 e. The first-order valence-electron chi connectivity index (χ1n) is 13.2. The van der Waals surface area contributed by atoms with Crippen molar-refractivity contribution in [3.8, 4) is 5.75 Å². The second-order valence-corrected chi connectivity index (χ2v) is 10.4. The zero-order chi connectivity index (χ0) is 29.8. The maximum Gasteiger partial charge on any atom is 0.416 e. The average Bonchev–Trinajstić information content (AvgIpc) is 3.44. The molecule has 0 bridgehead atoms. The molecule has 6 rings (SSSR count). The Bertz CT molecular complexity index is 1600. The number of ether oxygens (including phenoxy) is 2. The van der Waals surface area contributed by atoms with Crippen molar-refractivity contribution in [1.82, 2.24) is 9.88 Å². The van der Waals surface area contributed by atoms with Gasteiger partial charge in [-0.25, -0.2) is 9.78 Å². The molecule has 5 heterocycles. The number of halogens is 3. The number of aromatic nitrogens is 1. The van der Waals surface area contributed by atoms with Crippen LogP contribution in [0.3, 0.4) is 0 Å². The van der Waals surface area contributed by atoms with Crippen LogP contribution in [0.2, 0.25) is 0 Å². The van der Waals surface area contributed by atoms with Gasteiger partial charge in [0.25, 0.3) is 11.7 Å². The number of nitrogens with two attached hydrogens (primary N) is 1. The second-order valence-electron chi connectivity index (χ2n) is 10.4. The van der Waals surface area contributed by atoms with Crippen LogP contribution in [0.1, 0.15) is 41.3 Å². The van der Waals surface area contributed by atoms with E-state index in [1.807, 2.05) is 6.92 Å². The summed E-state index contributed by atoms with van der Waals surface area (Å²) in [7, 11) is 1.43. The lowest BCUT2D eigenvalue weighted by Gasteiger charge is -2.33. The van der Waals surface area contributed by atoms with Crippen LogP contribution in [0, 0.1) is 5.92 Å². The minimum atomic E-state index is -4.58. The number of benzene rings is 1. The first-order valence-corrected chi connectivity index (χ1v) is 13.2. The van der Waals surface area contributed by atoms with Crippen LogP contribution >= 0.6 is 0 Å². The molecule has 4 atom stereocenters. The fourth-order valence-electron chi connectivity index (χ4n) is 5.79. The number of fused-ring (bicyclic) bond motifs is 2. The van der Waals surface area contributed by atoms with E-state index < -0.39 is 17.6 Å². The van der Waals surface area contributed by atoms with Crippen molar-refractivity contribution >= 4 is 29.9 Å². The molecule has 42 heavy (non-hydrogen) atoms. The number of quaternary nitrogens is 1. The van der Waals surface area contributed by atoms with E-state index in [2.05, 4.69) is 15.3 Å². The number of aliphatic imine (C=N–C) groups is 2. The zero-order valence-corrected chi connectivity index (χ0v) is 22.6. The summed E-state index contributed by atoms with van der Waals surface area (Å²) in [6, 6.07) is 6.18. The first kappa shape index (κ1) is 27.6. The monoisotopic (exact) mass is 582 g/mol. The molecule has 2 saturated heterocycles. The summed E-state index contributed by atoms with van der Waals surface area (Å²) in [5.74, 6) is 6.57. The van der Waals surface area contributed by atoms with E-state index in [1.54, 1.807) is 29.6 Å². The number of allylic oxidation sites excluding steroid dienone is 1. The summed E-state index contributed by atoms with van der Waals surface area (Å²) in [5.41, 5.74) is 1.05. The third kappa shape index (κ3) is 4.61. The van der Waals surface area contributed by atoms with Crippen molar-refractivity contribution in [3.63, 3.8) is 0 Å². The SMILES string of the molecule is COc1cc(C(=O)Nc2cc(C(F)(F)F)ccn2)ccc1C1=NC([C@@H]2CC[C@H]3[C@@H](C)OC(=O)N3C2)=C2C=NC=C[N+]12N. The topological polar surface area (TPSA) is 132 Å². The van der Waals surface area contributed by atoms with Gasteiger partial charge in [-0.1, -0.05) is 0 Å². The number of carbonyl (C=O) groups excluding carboxylic acids is 2. The smallest absolute Gasteiger partial charge is 0.416 e. The molecule has 11 nitrogen and oxygen atoms in total. The number of amidine groups is 1. The molecule has 14 heteroatoms. The molecule has 2 amide bonds. The van der Waals surface area contributed by atoms with Crippen molar-refractivity contribution in [3.05, 3.63) is 77.0 Å². The van der Waals surface area contributed by atoms with Crippen molar-refractivity contribution in [2.75, 3.05) is 19.0 Å². The van der Waals surface area contributed by atoms with Gasteiger partial charge in [0.05, 0.1) is 31.1 Å². The van der Waals surface area contributed by atoms with Crippen LogP contribution < -0.4 is 15.9 Å². The molecule has 0 saturated carbocycles. The molecule has 4 aliphatic heterocycles. The lowest BCUT2D eigenvalue weighted by Crippen LogP contribution is -2.53. The Morgan fingerprint density at radius 2 is 2.05 bits per heavy atom. The third-order valence-corrected chi connectivity index (χ3v) is 7.93. The van der Waals surface area contributed by atoms with E-state index in [9.17, 15) is 22.8 Å². The number of pyridine rings is 1. The standard InChI is InChI=1S/C28H26F3N7O4/c1-15-20-6-4-17(14-37(20)27(40)42-15)24-21-13-33-9-10-38(21,32)25(36-24)19-5-3-16(11-22(19)41-2)26(39)35-23-12-18(7-8-34-23)28(29,30)31/h3,5,7-13,15,17,20H,4,6,14,32H2,1-2H3/p+1/t15-,17-,20+,38?/m1/s1. The van der Waals surface area contributed by atoms with Crippen LogP contribution in [-0.4, -0.2) is 64.3 Å². The molecular weight excluding hydrogens is 555 g/mol. The number of amides is 2. The Balaban J connectivity index is 1.30. The quantitative estimate of drug-likeness (QED) is 0.401. The Kier molecular flexibility index (Phi) is 6.61. The molecule has 0 radical (unpaired) electrons. The van der Waals surface area contributed by atoms with Gasteiger partial charge in [0.1, 0.15) is 35.1 Å². The number of piperidine rings is 1. The highest BCUT2D eigenvalue weighted by atomic mass is 19.4. The van der Waals surface area contributed by atoms with Crippen molar-refractivity contribution < 1.29 is 36.8 Å². The van der Waals surface area contributed by atoms with Crippen LogP contribution in [0.25, 0.3) is 0 Å². The third-order valence-electron chi connectivity index (χ3n) is 7.93. The minimum Gasteiger partial charge on any atom is -0.496 e. The number of hydrogen-bond acceptors (Lipinski definition) is 8. The van der Waals surface area contributed by atoms with Crippen molar-refractivity contribution in [1.29, 1.82) is 0 Å². The van der Waals surface area contributed by atoms with Gasteiger partial charge in [0, 0.05) is 24.2 Å². The predicted octanol–water partition coefficient (Wildman–Crippen LogP) is 4.20. The van der Waals surface area contributed by atoms with Crippen molar-refractivity contribution in [2.45, 2.75) is 38.1 Å². The van der Waals surface area contributed by atoms with Gasteiger partial charge in [0.2, 0.25) is 5.70 Å². The number of alkyl halides is 3. The Morgan fingerprint density at radius 3 is 2.81 bits per heavy atom. The first-order chi connectivity index (χ1) is 20.0. The second kappa shape index (κ2) is 10.1. The van der Waals surface area contributed by atoms with Crippen LogP contribution in [0.15, 0.2) is 70.3 Å². The van der Waals surface area contributed by atoms with E-state index in [0.29, 0.717) is 29.3 Å². The van der Waals surface area contributed by atoms with E-state index in [-0.39, 0.29) is 45.9 Å². The molecule has 2 fully saturated rings. The van der Waals surface area contributed by atoms with E-state index in [4.69, 9.17) is 20.3 Å². The summed E-state index contributed by atoms with van der Waals surface area (Å²) in [6.07, 6.45) is 2.30. The molecule has 218 valence electrons. The summed E-state index contributed by atoms with van der Waals surface area (Å²) in [5, 5.41) is 2.40. The zero-order valence-electron chi connectivity index (χ0n) is 22.6. The number of methoxy groups -OCH3 is 1. The van der Waals surface area contributed by atoms with Gasteiger partial charge in [-0.2, -0.15) is 24.0 Å². The van der Waals surface area contributed by atoms with Gasteiger partial charge in [-0.05, 0) is 50.1 Å². The number of cyclic esters (lactones) is 1. The molecular formula is C28H27F3N7O4+. The summed E-state index contributed by atoms with van der Waals surface area (Å²) >= 11 is 0.